The third-order valence-electron chi connectivity index (χ3n) is 4.21. The lowest BCUT2D eigenvalue weighted by Crippen LogP contribution is -2.34. The van der Waals surface area contributed by atoms with E-state index in [2.05, 4.69) is 10.6 Å². The first-order chi connectivity index (χ1) is 14.7. The van der Waals surface area contributed by atoms with Crippen molar-refractivity contribution in [2.24, 2.45) is 0 Å². The summed E-state index contributed by atoms with van der Waals surface area (Å²) >= 11 is 5.22. The molecular weight excluding hydrogens is 396 g/mol. The lowest BCUT2D eigenvalue weighted by molar-refractivity contribution is -0.119. The van der Waals surface area contributed by atoms with Gasteiger partial charge < -0.3 is 20.1 Å². The molecule has 0 radical (unpaired) electrons. The molecule has 0 aromatic heterocycles. The molecule has 3 aromatic rings. The Morgan fingerprint density at radius 2 is 1.33 bits per heavy atom. The number of benzene rings is 3. The number of nitrogens with one attached hydrogen (secondary N) is 2. The summed E-state index contributed by atoms with van der Waals surface area (Å²) in [5.41, 5.74) is 1.90. The molecule has 0 fully saturated rings. The molecule has 3 rings (SSSR count). The van der Waals surface area contributed by atoms with Gasteiger partial charge in [-0.1, -0.05) is 48.5 Å². The Morgan fingerprint density at radius 1 is 0.767 bits per heavy atom. The number of anilines is 1. The first kappa shape index (κ1) is 21.3. The number of amides is 1. The number of thiocarbonyl (C=S) groups is 1. The predicted molar refractivity (Wildman–Crippen MR) is 123 cm³/mol. The van der Waals surface area contributed by atoms with Crippen LogP contribution >= 0.6 is 12.2 Å². The van der Waals surface area contributed by atoms with E-state index in [-0.39, 0.29) is 11.0 Å². The van der Waals surface area contributed by atoms with E-state index in [0.717, 1.165) is 22.7 Å². The van der Waals surface area contributed by atoms with Gasteiger partial charge in [-0.2, -0.15) is 0 Å². The second kappa shape index (κ2) is 11.6. The average molecular weight is 421 g/mol. The molecule has 0 unspecified atom stereocenters. The molecule has 0 saturated heterocycles. The number of aryl methyl sites for hydroxylation is 1. The molecular formula is C24H24N2O3S. The molecule has 5 nitrogen and oxygen atoms in total. The molecule has 0 saturated carbocycles. The molecule has 0 aliphatic heterocycles. The molecule has 154 valence electrons. The summed E-state index contributed by atoms with van der Waals surface area (Å²) in [6.07, 6.45) is 1.05. The van der Waals surface area contributed by atoms with Crippen molar-refractivity contribution in [3.05, 3.63) is 90.5 Å². The summed E-state index contributed by atoms with van der Waals surface area (Å²) in [7, 11) is 0. The van der Waals surface area contributed by atoms with Gasteiger partial charge in [-0.25, -0.2) is 0 Å². The Labute approximate surface area is 182 Å². The second-order valence-corrected chi connectivity index (χ2v) is 6.93. The third-order valence-corrected chi connectivity index (χ3v) is 4.42. The van der Waals surface area contributed by atoms with Crippen LogP contribution in [0.3, 0.4) is 0 Å². The Kier molecular flexibility index (Phi) is 8.23. The van der Waals surface area contributed by atoms with Crippen molar-refractivity contribution in [3.8, 4) is 11.5 Å². The number of carbonyl (C=O) groups excluding carboxylic acids is 1. The highest BCUT2D eigenvalue weighted by Crippen LogP contribution is 2.16. The van der Waals surface area contributed by atoms with Gasteiger partial charge in [-0.05, 0) is 60.6 Å². The quantitative estimate of drug-likeness (QED) is 0.392. The third kappa shape index (κ3) is 7.56. The van der Waals surface area contributed by atoms with Crippen molar-refractivity contribution >= 4 is 28.9 Å². The number of hydrogen-bond donors (Lipinski definition) is 2. The summed E-state index contributed by atoms with van der Waals surface area (Å²) < 4.78 is 11.3. The van der Waals surface area contributed by atoms with Gasteiger partial charge in [-0.15, -0.1) is 0 Å². The van der Waals surface area contributed by atoms with E-state index in [1.54, 1.807) is 0 Å². The lowest BCUT2D eigenvalue weighted by Gasteiger charge is -2.11. The summed E-state index contributed by atoms with van der Waals surface area (Å²) in [6, 6.07) is 26.9. The zero-order valence-corrected chi connectivity index (χ0v) is 17.4. The molecule has 0 aliphatic rings. The van der Waals surface area contributed by atoms with Gasteiger partial charge in [0.15, 0.2) is 5.11 Å². The van der Waals surface area contributed by atoms with E-state index < -0.39 is 0 Å². The van der Waals surface area contributed by atoms with Crippen molar-refractivity contribution in [3.63, 3.8) is 0 Å². The van der Waals surface area contributed by atoms with Gasteiger partial charge in [0.1, 0.15) is 24.7 Å². The minimum absolute atomic E-state index is 0.116. The number of hydrogen-bond acceptors (Lipinski definition) is 4. The van der Waals surface area contributed by atoms with E-state index in [9.17, 15) is 4.79 Å². The van der Waals surface area contributed by atoms with Crippen LogP contribution in [-0.4, -0.2) is 24.2 Å². The molecule has 0 heterocycles. The summed E-state index contributed by atoms with van der Waals surface area (Å²) in [6.45, 7) is 0.903. The zero-order valence-electron chi connectivity index (χ0n) is 16.5. The number of carbonyl (C=O) groups is 1. The van der Waals surface area contributed by atoms with Crippen LogP contribution in [0, 0.1) is 0 Å². The van der Waals surface area contributed by atoms with E-state index in [1.165, 1.54) is 0 Å². The zero-order chi connectivity index (χ0) is 21.0. The van der Waals surface area contributed by atoms with Crippen LogP contribution in [0.1, 0.15) is 12.0 Å². The minimum Gasteiger partial charge on any atom is -0.490 e. The van der Waals surface area contributed by atoms with Crippen LogP contribution in [-0.2, 0) is 11.2 Å². The Morgan fingerprint density at radius 3 is 1.97 bits per heavy atom. The molecule has 0 atom stereocenters. The average Bonchev–Trinajstić information content (AvgIpc) is 2.78. The summed E-state index contributed by atoms with van der Waals surface area (Å²) in [5, 5.41) is 5.99. The van der Waals surface area contributed by atoms with Crippen LogP contribution in [0.15, 0.2) is 84.9 Å². The van der Waals surface area contributed by atoms with Gasteiger partial charge in [0.2, 0.25) is 5.91 Å². The SMILES string of the molecule is O=C(CCc1ccccc1)NC(=S)Nc1ccc(OCCOc2ccccc2)cc1. The molecule has 30 heavy (non-hydrogen) atoms. The molecule has 2 N–H and O–H groups in total. The Hall–Kier alpha value is -3.38. The van der Waals surface area contributed by atoms with Crippen molar-refractivity contribution < 1.29 is 14.3 Å². The van der Waals surface area contributed by atoms with Crippen molar-refractivity contribution in [2.45, 2.75) is 12.8 Å². The monoisotopic (exact) mass is 420 g/mol. The van der Waals surface area contributed by atoms with Crippen molar-refractivity contribution in [1.29, 1.82) is 0 Å². The smallest absolute Gasteiger partial charge is 0.226 e. The van der Waals surface area contributed by atoms with Crippen LogP contribution in [0.25, 0.3) is 0 Å². The maximum atomic E-state index is 12.0. The standard InChI is InChI=1S/C24H24N2O3S/c27-23(16-11-19-7-3-1-4-8-19)26-24(30)25-20-12-14-22(15-13-20)29-18-17-28-21-9-5-2-6-10-21/h1-10,12-15H,11,16-18H2,(H2,25,26,27,30). The van der Waals surface area contributed by atoms with Crippen LogP contribution in [0.5, 0.6) is 11.5 Å². The maximum absolute atomic E-state index is 12.0. The van der Waals surface area contributed by atoms with Gasteiger partial charge in [-0.3, -0.25) is 4.79 Å². The number of para-hydroxylation sites is 1. The van der Waals surface area contributed by atoms with Crippen molar-refractivity contribution in [1.82, 2.24) is 5.32 Å². The van der Waals surface area contributed by atoms with Crippen LogP contribution in [0.4, 0.5) is 5.69 Å². The predicted octanol–water partition coefficient (Wildman–Crippen LogP) is 4.59. The second-order valence-electron chi connectivity index (χ2n) is 6.52. The van der Waals surface area contributed by atoms with Gasteiger partial charge >= 0.3 is 0 Å². The fourth-order valence-corrected chi connectivity index (χ4v) is 2.96. The summed E-state index contributed by atoms with van der Waals surface area (Å²) in [5.74, 6) is 1.43. The molecule has 0 spiro atoms. The lowest BCUT2D eigenvalue weighted by atomic mass is 10.1. The van der Waals surface area contributed by atoms with Crippen molar-refractivity contribution in [2.75, 3.05) is 18.5 Å². The molecule has 0 bridgehead atoms. The first-order valence-electron chi connectivity index (χ1n) is 9.74. The largest absolute Gasteiger partial charge is 0.490 e. The molecule has 6 heteroatoms. The van der Waals surface area contributed by atoms with E-state index in [0.29, 0.717) is 26.1 Å². The molecule has 3 aromatic carbocycles. The summed E-state index contributed by atoms with van der Waals surface area (Å²) in [4.78, 5) is 12.0. The van der Waals surface area contributed by atoms with E-state index in [1.807, 2.05) is 84.9 Å². The van der Waals surface area contributed by atoms with E-state index >= 15 is 0 Å². The number of rotatable bonds is 9. The van der Waals surface area contributed by atoms with Gasteiger partial charge in [0, 0.05) is 12.1 Å². The Balaban J connectivity index is 1.35. The van der Waals surface area contributed by atoms with Gasteiger partial charge in [0.05, 0.1) is 0 Å². The number of ether oxygens (including phenoxy) is 2. The van der Waals surface area contributed by atoms with Crippen LogP contribution in [0.2, 0.25) is 0 Å². The highest BCUT2D eigenvalue weighted by atomic mass is 32.1. The molecule has 1 amide bonds. The minimum atomic E-state index is -0.116. The maximum Gasteiger partial charge on any atom is 0.226 e. The highest BCUT2D eigenvalue weighted by molar-refractivity contribution is 7.80. The fourth-order valence-electron chi connectivity index (χ4n) is 2.72. The topological polar surface area (TPSA) is 59.6 Å². The fraction of sp³-hybridized carbons (Fsp3) is 0.167. The highest BCUT2D eigenvalue weighted by Gasteiger charge is 2.06. The van der Waals surface area contributed by atoms with E-state index in [4.69, 9.17) is 21.7 Å². The normalized spacial score (nSPS) is 10.1. The Bertz CT molecular complexity index is 932. The first-order valence-corrected chi connectivity index (χ1v) is 10.2. The molecule has 0 aliphatic carbocycles. The van der Waals surface area contributed by atoms with Crippen LogP contribution < -0.4 is 20.1 Å². The van der Waals surface area contributed by atoms with Gasteiger partial charge in [0.25, 0.3) is 0 Å².